The molecule has 14 heavy (non-hydrogen) atoms. The fourth-order valence-electron chi connectivity index (χ4n) is 1.17. The lowest BCUT2D eigenvalue weighted by Gasteiger charge is -2.15. The second kappa shape index (κ2) is 4.65. The summed E-state index contributed by atoms with van der Waals surface area (Å²) in [5.41, 5.74) is 0. The van der Waals surface area contributed by atoms with Crippen molar-refractivity contribution in [2.45, 2.75) is 24.9 Å². The summed E-state index contributed by atoms with van der Waals surface area (Å²) >= 11 is 0. The predicted molar refractivity (Wildman–Crippen MR) is 44.0 cm³/mol. The predicted octanol–water partition coefficient (Wildman–Crippen LogP) is -0.0908. The molecule has 0 spiro atoms. The molecule has 0 aromatic rings. The van der Waals surface area contributed by atoms with Crippen LogP contribution in [0, 0.1) is 0 Å². The number of nitrogens with one attached hydrogen (secondary N) is 1. The Morgan fingerprint density at radius 2 is 2.36 bits per heavy atom. The van der Waals surface area contributed by atoms with E-state index in [9.17, 15) is 13.6 Å². The van der Waals surface area contributed by atoms with Crippen molar-refractivity contribution in [3.8, 4) is 0 Å². The van der Waals surface area contributed by atoms with E-state index < -0.39 is 31.1 Å². The first-order valence-corrected chi connectivity index (χ1v) is 4.43. The number of rotatable bonds is 4. The molecule has 6 heteroatoms. The van der Waals surface area contributed by atoms with Crippen LogP contribution in [0.15, 0.2) is 0 Å². The maximum Gasteiger partial charge on any atom is 0.287 e. The number of alkyl halides is 2. The highest BCUT2D eigenvalue weighted by Crippen LogP contribution is 2.13. The van der Waals surface area contributed by atoms with Crippen molar-refractivity contribution in [2.24, 2.45) is 0 Å². The van der Waals surface area contributed by atoms with Gasteiger partial charge in [-0.25, -0.2) is 8.78 Å². The maximum atomic E-state index is 12.5. The lowest BCUT2D eigenvalue weighted by Crippen LogP contribution is -2.43. The fraction of sp³-hybridized carbons (Fsp3) is 0.875. The molecule has 1 fully saturated rings. The van der Waals surface area contributed by atoms with Gasteiger partial charge in [-0.15, -0.1) is 0 Å². The van der Waals surface area contributed by atoms with E-state index in [-0.39, 0.29) is 0 Å². The van der Waals surface area contributed by atoms with Crippen molar-refractivity contribution in [2.75, 3.05) is 19.8 Å². The van der Waals surface area contributed by atoms with Crippen LogP contribution < -0.4 is 5.32 Å². The van der Waals surface area contributed by atoms with Gasteiger partial charge in [0, 0.05) is 6.61 Å². The van der Waals surface area contributed by atoms with Crippen LogP contribution >= 0.6 is 0 Å². The molecule has 1 rings (SSSR count). The van der Waals surface area contributed by atoms with Gasteiger partial charge in [0.2, 0.25) is 5.91 Å². The molecular weight excluding hydrogens is 196 g/mol. The average Bonchev–Trinajstić information content (AvgIpc) is 2.67. The van der Waals surface area contributed by atoms with E-state index in [2.05, 4.69) is 0 Å². The molecule has 0 saturated carbocycles. The quantitative estimate of drug-likeness (QED) is 0.680. The molecule has 1 amide bonds. The Morgan fingerprint density at radius 3 is 2.86 bits per heavy atom. The highest BCUT2D eigenvalue weighted by molar-refractivity contribution is 5.80. The van der Waals surface area contributed by atoms with Crippen LogP contribution in [0.5, 0.6) is 0 Å². The molecule has 1 heterocycles. The Morgan fingerprint density at radius 1 is 1.64 bits per heavy atom. The average molecular weight is 209 g/mol. The molecule has 0 bridgehead atoms. The first-order valence-electron chi connectivity index (χ1n) is 4.43. The number of amides is 1. The van der Waals surface area contributed by atoms with Crippen molar-refractivity contribution in [1.82, 2.24) is 5.32 Å². The zero-order valence-electron chi connectivity index (χ0n) is 7.63. The molecule has 0 aliphatic carbocycles. The fourth-order valence-corrected chi connectivity index (χ4v) is 1.17. The summed E-state index contributed by atoms with van der Waals surface area (Å²) < 4.78 is 30.0. The summed E-state index contributed by atoms with van der Waals surface area (Å²) in [6.45, 7) is -1.62. The molecule has 0 aromatic carbocycles. The van der Waals surface area contributed by atoms with Crippen LogP contribution in [-0.2, 0) is 9.53 Å². The van der Waals surface area contributed by atoms with Gasteiger partial charge in [0.05, 0.1) is 6.54 Å². The minimum atomic E-state index is -3.26. The summed E-state index contributed by atoms with van der Waals surface area (Å²) in [7, 11) is 0. The van der Waals surface area contributed by atoms with Crippen molar-refractivity contribution >= 4 is 5.91 Å². The Hall–Kier alpha value is -0.750. The Balaban J connectivity index is 2.27. The van der Waals surface area contributed by atoms with E-state index in [1.54, 1.807) is 0 Å². The third-order valence-electron chi connectivity index (χ3n) is 1.97. The van der Waals surface area contributed by atoms with Crippen LogP contribution in [-0.4, -0.2) is 42.8 Å². The van der Waals surface area contributed by atoms with E-state index in [0.29, 0.717) is 13.0 Å². The van der Waals surface area contributed by atoms with Gasteiger partial charge in [0.1, 0.15) is 12.7 Å². The summed E-state index contributed by atoms with van der Waals surface area (Å²) in [5, 5.41) is 10.3. The number of halogens is 2. The molecule has 1 atom stereocenters. The molecule has 2 N–H and O–H groups in total. The van der Waals surface area contributed by atoms with Crippen LogP contribution in [0.1, 0.15) is 12.8 Å². The van der Waals surface area contributed by atoms with E-state index >= 15 is 0 Å². The van der Waals surface area contributed by atoms with Gasteiger partial charge < -0.3 is 15.2 Å². The molecule has 82 valence electrons. The summed E-state index contributed by atoms with van der Waals surface area (Å²) in [6, 6.07) is 0. The number of hydrogen-bond acceptors (Lipinski definition) is 3. The summed E-state index contributed by atoms with van der Waals surface area (Å²) in [5.74, 6) is -3.79. The first-order chi connectivity index (χ1) is 6.55. The van der Waals surface area contributed by atoms with Crippen LogP contribution in [0.25, 0.3) is 0 Å². The van der Waals surface area contributed by atoms with Gasteiger partial charge in [-0.2, -0.15) is 0 Å². The minimum absolute atomic E-state index is 0.495. The van der Waals surface area contributed by atoms with Crippen molar-refractivity contribution in [3.05, 3.63) is 0 Å². The standard InChI is InChI=1S/C8H13F2NO3/c9-8(10,5-12)4-11-7(13)6-2-1-3-14-6/h6,12H,1-5H2,(H,11,13)/t6-/m1/s1. The second-order valence-corrected chi connectivity index (χ2v) is 3.23. The van der Waals surface area contributed by atoms with Crippen molar-refractivity contribution < 1.29 is 23.4 Å². The van der Waals surface area contributed by atoms with Crippen molar-refractivity contribution in [1.29, 1.82) is 0 Å². The smallest absolute Gasteiger partial charge is 0.287 e. The minimum Gasteiger partial charge on any atom is -0.390 e. The third kappa shape index (κ3) is 3.19. The highest BCUT2D eigenvalue weighted by Gasteiger charge is 2.30. The van der Waals surface area contributed by atoms with Gasteiger partial charge >= 0.3 is 0 Å². The van der Waals surface area contributed by atoms with Gasteiger partial charge in [0.15, 0.2) is 0 Å². The van der Waals surface area contributed by atoms with Crippen molar-refractivity contribution in [3.63, 3.8) is 0 Å². The normalized spacial score (nSPS) is 22.4. The molecule has 1 saturated heterocycles. The van der Waals surface area contributed by atoms with E-state index in [1.165, 1.54) is 0 Å². The number of carbonyl (C=O) groups excluding carboxylic acids is 1. The molecule has 1 aliphatic rings. The lowest BCUT2D eigenvalue weighted by atomic mass is 10.2. The molecule has 0 unspecified atom stereocenters. The summed E-state index contributed by atoms with van der Waals surface area (Å²) in [4.78, 5) is 11.2. The van der Waals surface area contributed by atoms with E-state index in [0.717, 1.165) is 6.42 Å². The largest absolute Gasteiger partial charge is 0.390 e. The molecular formula is C8H13F2NO3. The number of aliphatic hydroxyl groups excluding tert-OH is 1. The third-order valence-corrected chi connectivity index (χ3v) is 1.97. The van der Waals surface area contributed by atoms with Crippen LogP contribution in [0.3, 0.4) is 0 Å². The number of aliphatic hydroxyl groups is 1. The Kier molecular flexibility index (Phi) is 3.77. The lowest BCUT2D eigenvalue weighted by molar-refractivity contribution is -0.132. The second-order valence-electron chi connectivity index (χ2n) is 3.23. The van der Waals surface area contributed by atoms with Gasteiger partial charge in [-0.3, -0.25) is 4.79 Å². The maximum absolute atomic E-state index is 12.5. The van der Waals surface area contributed by atoms with Crippen LogP contribution in [0.4, 0.5) is 8.78 Å². The molecule has 0 radical (unpaired) electrons. The van der Waals surface area contributed by atoms with Gasteiger partial charge in [0.25, 0.3) is 5.92 Å². The summed E-state index contributed by atoms with van der Waals surface area (Å²) in [6.07, 6.45) is 0.731. The number of carbonyl (C=O) groups is 1. The zero-order valence-corrected chi connectivity index (χ0v) is 7.63. The Bertz CT molecular complexity index is 205. The Labute approximate surface area is 80.2 Å². The molecule has 4 nitrogen and oxygen atoms in total. The number of hydrogen-bond donors (Lipinski definition) is 2. The van der Waals surface area contributed by atoms with E-state index in [1.807, 2.05) is 5.32 Å². The van der Waals surface area contributed by atoms with E-state index in [4.69, 9.17) is 9.84 Å². The highest BCUT2D eigenvalue weighted by atomic mass is 19.3. The van der Waals surface area contributed by atoms with Gasteiger partial charge in [-0.05, 0) is 12.8 Å². The van der Waals surface area contributed by atoms with Crippen LogP contribution in [0.2, 0.25) is 0 Å². The molecule has 1 aliphatic heterocycles. The SMILES string of the molecule is O=C(NCC(F)(F)CO)[C@H]1CCCO1. The monoisotopic (exact) mass is 209 g/mol. The first kappa shape index (κ1) is 11.3. The van der Waals surface area contributed by atoms with Gasteiger partial charge in [-0.1, -0.05) is 0 Å². The molecule has 0 aromatic heterocycles. The zero-order chi connectivity index (χ0) is 10.6. The topological polar surface area (TPSA) is 58.6 Å². The number of ether oxygens (including phenoxy) is 1.